The number of ether oxygens (including phenoxy) is 1. The molecule has 17 heavy (non-hydrogen) atoms. The lowest BCUT2D eigenvalue weighted by Crippen LogP contribution is -2.18. The molecule has 0 bridgehead atoms. The lowest BCUT2D eigenvalue weighted by atomic mass is 10.2. The molecule has 1 N–H and O–H groups in total. The van der Waals surface area contributed by atoms with E-state index in [0.717, 1.165) is 0 Å². The number of nitrogens with zero attached hydrogens (tertiary/aromatic N) is 1. The molecule has 0 radical (unpaired) electrons. The fourth-order valence-corrected chi connectivity index (χ4v) is 2.54. The standard InChI is InChI=1S/C10H10N2O4S/c1-16-8-3-2-6(4-7(8)12(14)15)10-11-9(13)5-17-10/h2-4,10H,5H2,1H3,(H,11,13)/t10-/m0/s1. The van der Waals surface area contributed by atoms with Crippen LogP contribution in [0.1, 0.15) is 10.9 Å². The summed E-state index contributed by atoms with van der Waals surface area (Å²) in [7, 11) is 1.38. The molecule has 1 aromatic rings. The van der Waals surface area contributed by atoms with Gasteiger partial charge >= 0.3 is 5.69 Å². The van der Waals surface area contributed by atoms with Crippen molar-refractivity contribution in [3.8, 4) is 5.75 Å². The van der Waals surface area contributed by atoms with Crippen LogP contribution >= 0.6 is 11.8 Å². The van der Waals surface area contributed by atoms with Gasteiger partial charge in [0, 0.05) is 6.07 Å². The molecule has 1 aliphatic heterocycles. The fraction of sp³-hybridized carbons (Fsp3) is 0.300. The SMILES string of the molecule is COc1ccc([C@H]2NC(=O)CS2)cc1[N+](=O)[O-]. The Kier molecular flexibility index (Phi) is 3.19. The monoisotopic (exact) mass is 254 g/mol. The predicted molar refractivity (Wildman–Crippen MR) is 63.0 cm³/mol. The summed E-state index contributed by atoms with van der Waals surface area (Å²) in [5.74, 6) is 0.538. The van der Waals surface area contributed by atoms with Gasteiger partial charge in [-0.25, -0.2) is 0 Å². The molecule has 0 aromatic heterocycles. The molecule has 0 saturated carbocycles. The minimum atomic E-state index is -0.496. The first-order chi connectivity index (χ1) is 8.11. The second-order valence-corrected chi connectivity index (χ2v) is 4.54. The van der Waals surface area contributed by atoms with Gasteiger partial charge in [-0.15, -0.1) is 11.8 Å². The van der Waals surface area contributed by atoms with Gasteiger partial charge in [0.05, 0.1) is 17.8 Å². The molecule has 7 heteroatoms. The smallest absolute Gasteiger partial charge is 0.311 e. The molecule has 6 nitrogen and oxygen atoms in total. The van der Waals surface area contributed by atoms with Crippen molar-refractivity contribution in [2.24, 2.45) is 0 Å². The van der Waals surface area contributed by atoms with E-state index < -0.39 is 4.92 Å². The van der Waals surface area contributed by atoms with Crippen molar-refractivity contribution >= 4 is 23.4 Å². The summed E-state index contributed by atoms with van der Waals surface area (Å²) in [4.78, 5) is 21.4. The quantitative estimate of drug-likeness (QED) is 0.652. The summed E-state index contributed by atoms with van der Waals surface area (Å²) in [6.45, 7) is 0. The Morgan fingerprint density at radius 3 is 2.88 bits per heavy atom. The van der Waals surface area contributed by atoms with Crippen molar-refractivity contribution in [2.45, 2.75) is 5.37 Å². The highest BCUT2D eigenvalue weighted by Crippen LogP contribution is 2.35. The first kappa shape index (κ1) is 11.7. The van der Waals surface area contributed by atoms with E-state index in [2.05, 4.69) is 5.32 Å². The van der Waals surface area contributed by atoms with Gasteiger partial charge in [0.1, 0.15) is 5.37 Å². The normalized spacial score (nSPS) is 18.9. The van der Waals surface area contributed by atoms with E-state index in [4.69, 9.17) is 4.74 Å². The molecule has 1 saturated heterocycles. The highest BCUT2D eigenvalue weighted by molar-refractivity contribution is 8.00. The molecule has 1 atom stereocenters. The van der Waals surface area contributed by atoms with Crippen molar-refractivity contribution in [3.05, 3.63) is 33.9 Å². The maximum atomic E-state index is 11.1. The minimum Gasteiger partial charge on any atom is -0.490 e. The Labute approximate surface area is 101 Å². The van der Waals surface area contributed by atoms with Gasteiger partial charge in [0.25, 0.3) is 0 Å². The first-order valence-electron chi connectivity index (χ1n) is 4.85. The zero-order chi connectivity index (χ0) is 12.4. The third-order valence-electron chi connectivity index (χ3n) is 2.38. The van der Waals surface area contributed by atoms with E-state index in [9.17, 15) is 14.9 Å². The lowest BCUT2D eigenvalue weighted by Gasteiger charge is -2.10. The van der Waals surface area contributed by atoms with Crippen LogP contribution in [0.3, 0.4) is 0 Å². The van der Waals surface area contributed by atoms with E-state index in [1.165, 1.54) is 24.9 Å². The molecule has 90 valence electrons. The van der Waals surface area contributed by atoms with Crippen molar-refractivity contribution < 1.29 is 14.5 Å². The first-order valence-corrected chi connectivity index (χ1v) is 5.90. The molecular formula is C10H10N2O4S. The van der Waals surface area contributed by atoms with Crippen molar-refractivity contribution in [1.82, 2.24) is 5.32 Å². The van der Waals surface area contributed by atoms with Gasteiger partial charge in [0.15, 0.2) is 5.75 Å². The molecule has 1 aliphatic rings. The van der Waals surface area contributed by atoms with Crippen molar-refractivity contribution in [1.29, 1.82) is 0 Å². The van der Waals surface area contributed by atoms with Crippen LogP contribution in [-0.2, 0) is 4.79 Å². The van der Waals surface area contributed by atoms with Crippen molar-refractivity contribution in [2.75, 3.05) is 12.9 Å². The number of thioether (sulfide) groups is 1. The fourth-order valence-electron chi connectivity index (χ4n) is 1.58. The topological polar surface area (TPSA) is 81.5 Å². The average Bonchev–Trinajstić information content (AvgIpc) is 2.75. The molecular weight excluding hydrogens is 244 g/mol. The Hall–Kier alpha value is -1.76. The number of nitrogens with one attached hydrogen (secondary N) is 1. The summed E-state index contributed by atoms with van der Waals surface area (Å²) in [5.41, 5.74) is 0.611. The van der Waals surface area contributed by atoms with E-state index in [-0.39, 0.29) is 22.7 Å². The Morgan fingerprint density at radius 1 is 1.59 bits per heavy atom. The number of carbonyl (C=O) groups excluding carboxylic acids is 1. The van der Waals surface area contributed by atoms with Gasteiger partial charge < -0.3 is 10.1 Å². The van der Waals surface area contributed by atoms with Gasteiger partial charge in [-0.2, -0.15) is 0 Å². The molecule has 0 spiro atoms. The molecule has 1 aromatic carbocycles. The van der Waals surface area contributed by atoms with Crippen molar-refractivity contribution in [3.63, 3.8) is 0 Å². The third kappa shape index (κ3) is 2.33. The van der Waals surface area contributed by atoms with Crippen LogP contribution in [0.15, 0.2) is 18.2 Å². The number of hydrogen-bond donors (Lipinski definition) is 1. The number of methoxy groups -OCH3 is 1. The van der Waals surface area contributed by atoms with E-state index >= 15 is 0 Å². The number of amides is 1. The number of rotatable bonds is 3. The summed E-state index contributed by atoms with van der Waals surface area (Å²) < 4.78 is 4.91. The highest BCUT2D eigenvalue weighted by Gasteiger charge is 2.25. The Morgan fingerprint density at radius 2 is 2.35 bits per heavy atom. The summed E-state index contributed by atoms with van der Waals surface area (Å²) in [5, 5.41) is 13.4. The molecule has 0 unspecified atom stereocenters. The van der Waals surface area contributed by atoms with Crippen LogP contribution in [0.25, 0.3) is 0 Å². The lowest BCUT2D eigenvalue weighted by molar-refractivity contribution is -0.385. The highest BCUT2D eigenvalue weighted by atomic mass is 32.2. The summed E-state index contributed by atoms with van der Waals surface area (Å²) in [6, 6.07) is 4.69. The van der Waals surface area contributed by atoms with Crippen LogP contribution in [0.5, 0.6) is 5.75 Å². The molecule has 2 rings (SSSR count). The Bertz CT molecular complexity index is 477. The Balaban J connectivity index is 2.33. The van der Waals surface area contributed by atoms with Crippen LogP contribution in [0, 0.1) is 10.1 Å². The zero-order valence-electron chi connectivity index (χ0n) is 9.00. The van der Waals surface area contributed by atoms with Crippen LogP contribution < -0.4 is 10.1 Å². The number of nitro benzene ring substituents is 1. The minimum absolute atomic E-state index is 0.0570. The van der Waals surface area contributed by atoms with Gasteiger partial charge in [0.2, 0.25) is 5.91 Å². The number of carbonyl (C=O) groups is 1. The number of hydrogen-bond acceptors (Lipinski definition) is 5. The zero-order valence-corrected chi connectivity index (χ0v) is 9.82. The molecule has 1 fully saturated rings. The number of benzene rings is 1. The van der Waals surface area contributed by atoms with Crippen LogP contribution in [-0.4, -0.2) is 23.7 Å². The third-order valence-corrected chi connectivity index (χ3v) is 3.53. The maximum absolute atomic E-state index is 11.1. The van der Waals surface area contributed by atoms with Gasteiger partial charge in [-0.1, -0.05) is 6.07 Å². The predicted octanol–water partition coefficient (Wildman–Crippen LogP) is 1.46. The molecule has 1 heterocycles. The largest absolute Gasteiger partial charge is 0.490 e. The van der Waals surface area contributed by atoms with Crippen LogP contribution in [0.2, 0.25) is 0 Å². The van der Waals surface area contributed by atoms with Gasteiger partial charge in [-0.3, -0.25) is 14.9 Å². The second kappa shape index (κ2) is 4.62. The average molecular weight is 254 g/mol. The molecule has 1 amide bonds. The van der Waals surface area contributed by atoms with E-state index in [1.807, 2.05) is 0 Å². The second-order valence-electron chi connectivity index (χ2n) is 3.45. The molecule has 0 aliphatic carbocycles. The van der Waals surface area contributed by atoms with Crippen LogP contribution in [0.4, 0.5) is 5.69 Å². The summed E-state index contributed by atoms with van der Waals surface area (Å²) in [6.07, 6.45) is 0. The van der Waals surface area contributed by atoms with Gasteiger partial charge in [-0.05, 0) is 11.6 Å². The van der Waals surface area contributed by atoms with E-state index in [0.29, 0.717) is 11.3 Å². The summed E-state index contributed by atoms with van der Waals surface area (Å²) >= 11 is 1.41. The van der Waals surface area contributed by atoms with E-state index in [1.54, 1.807) is 12.1 Å². The maximum Gasteiger partial charge on any atom is 0.311 e. The number of nitro groups is 1.